The Morgan fingerprint density at radius 1 is 1.41 bits per heavy atom. The van der Waals surface area contributed by atoms with Crippen LogP contribution in [0.4, 0.5) is 5.82 Å². The van der Waals surface area contributed by atoms with E-state index in [2.05, 4.69) is 22.2 Å². The Morgan fingerprint density at radius 2 is 2.23 bits per heavy atom. The van der Waals surface area contributed by atoms with Crippen LogP contribution in [0.5, 0.6) is 0 Å². The summed E-state index contributed by atoms with van der Waals surface area (Å²) in [6, 6.07) is -0.586. The lowest BCUT2D eigenvalue weighted by Crippen LogP contribution is -2.29. The molecule has 22 heavy (non-hydrogen) atoms. The molecular formula is C16H21N3O2S. The zero-order valence-electron chi connectivity index (χ0n) is 12.8. The Morgan fingerprint density at radius 3 is 3.00 bits per heavy atom. The molecule has 2 N–H and O–H groups in total. The minimum atomic E-state index is -0.815. The normalized spacial score (nSPS) is 15.5. The third kappa shape index (κ3) is 2.92. The van der Waals surface area contributed by atoms with E-state index in [0.29, 0.717) is 12.2 Å². The Bertz CT molecular complexity index is 683. The number of fused-ring (bicyclic) bond motifs is 3. The van der Waals surface area contributed by atoms with Gasteiger partial charge in [0.1, 0.15) is 23.0 Å². The minimum Gasteiger partial charge on any atom is -0.480 e. The molecule has 0 saturated heterocycles. The van der Waals surface area contributed by atoms with E-state index in [9.17, 15) is 9.90 Å². The van der Waals surface area contributed by atoms with Crippen LogP contribution in [0.2, 0.25) is 0 Å². The van der Waals surface area contributed by atoms with Crippen LogP contribution >= 0.6 is 11.3 Å². The summed E-state index contributed by atoms with van der Waals surface area (Å²) in [4.78, 5) is 22.6. The number of hydrogen-bond acceptors (Lipinski definition) is 5. The summed E-state index contributed by atoms with van der Waals surface area (Å²) >= 11 is 1.73. The first-order valence-electron chi connectivity index (χ1n) is 7.95. The highest BCUT2D eigenvalue weighted by molar-refractivity contribution is 7.19. The van der Waals surface area contributed by atoms with E-state index in [1.807, 2.05) is 0 Å². The maximum Gasteiger partial charge on any atom is 0.326 e. The van der Waals surface area contributed by atoms with Crippen molar-refractivity contribution in [3.8, 4) is 0 Å². The quantitative estimate of drug-likeness (QED) is 0.850. The number of unbranched alkanes of at least 4 members (excludes halogenated alkanes) is 1. The number of hydrogen-bond donors (Lipinski definition) is 2. The van der Waals surface area contributed by atoms with E-state index in [1.165, 1.54) is 29.6 Å². The maximum atomic E-state index is 11.5. The van der Waals surface area contributed by atoms with Gasteiger partial charge in [-0.3, -0.25) is 0 Å². The van der Waals surface area contributed by atoms with Crippen LogP contribution in [0.25, 0.3) is 10.2 Å². The molecule has 0 aromatic carbocycles. The highest BCUT2D eigenvalue weighted by Crippen LogP contribution is 2.38. The van der Waals surface area contributed by atoms with Crippen LogP contribution in [0, 0.1) is 0 Å². The number of rotatable bonds is 6. The lowest BCUT2D eigenvalue weighted by Gasteiger charge is -2.16. The summed E-state index contributed by atoms with van der Waals surface area (Å²) in [7, 11) is 0. The number of nitrogens with one attached hydrogen (secondary N) is 1. The van der Waals surface area contributed by atoms with Crippen molar-refractivity contribution >= 4 is 33.3 Å². The summed E-state index contributed by atoms with van der Waals surface area (Å²) in [6.45, 7) is 2.07. The predicted molar refractivity (Wildman–Crippen MR) is 88.6 cm³/mol. The lowest BCUT2D eigenvalue weighted by molar-refractivity contribution is -0.138. The predicted octanol–water partition coefficient (Wildman–Crippen LogP) is 3.63. The van der Waals surface area contributed by atoms with Crippen molar-refractivity contribution in [1.82, 2.24) is 9.97 Å². The molecule has 1 aliphatic rings. The maximum absolute atomic E-state index is 11.5. The van der Waals surface area contributed by atoms with Crippen molar-refractivity contribution in [2.75, 3.05) is 5.32 Å². The average Bonchev–Trinajstić information content (AvgIpc) is 2.90. The van der Waals surface area contributed by atoms with E-state index in [4.69, 9.17) is 0 Å². The van der Waals surface area contributed by atoms with Gasteiger partial charge in [-0.2, -0.15) is 0 Å². The van der Waals surface area contributed by atoms with Gasteiger partial charge in [-0.15, -0.1) is 11.3 Å². The van der Waals surface area contributed by atoms with Crippen LogP contribution < -0.4 is 5.32 Å². The third-order valence-electron chi connectivity index (χ3n) is 4.21. The number of carboxylic acid groups (broad SMARTS) is 1. The third-order valence-corrected chi connectivity index (χ3v) is 5.41. The Kier molecular flexibility index (Phi) is 4.57. The zero-order chi connectivity index (χ0) is 15.5. The van der Waals surface area contributed by atoms with E-state index in [0.717, 1.165) is 35.9 Å². The van der Waals surface area contributed by atoms with Gasteiger partial charge in [-0.1, -0.05) is 19.8 Å². The minimum absolute atomic E-state index is 0.586. The fourth-order valence-electron chi connectivity index (χ4n) is 3.03. The van der Waals surface area contributed by atoms with Gasteiger partial charge < -0.3 is 10.4 Å². The summed E-state index contributed by atoms with van der Waals surface area (Å²) in [5.74, 6) is -0.128. The van der Waals surface area contributed by atoms with Crippen molar-refractivity contribution in [2.24, 2.45) is 0 Å². The van der Waals surface area contributed by atoms with E-state index in [1.54, 1.807) is 11.3 Å². The first-order valence-corrected chi connectivity index (χ1v) is 8.77. The monoisotopic (exact) mass is 319 g/mol. The molecule has 0 radical (unpaired) electrons. The number of aromatic nitrogens is 2. The molecule has 0 spiro atoms. The van der Waals surface area contributed by atoms with Crippen molar-refractivity contribution in [1.29, 1.82) is 0 Å². The first-order chi connectivity index (χ1) is 10.7. The fraction of sp³-hybridized carbons (Fsp3) is 0.562. The largest absolute Gasteiger partial charge is 0.480 e. The Labute approximate surface area is 133 Å². The van der Waals surface area contributed by atoms with Crippen molar-refractivity contribution < 1.29 is 9.90 Å². The number of carboxylic acids is 1. The van der Waals surface area contributed by atoms with Crippen LogP contribution in [-0.4, -0.2) is 27.1 Å². The number of anilines is 1. The summed E-state index contributed by atoms with van der Waals surface area (Å²) < 4.78 is 0. The molecule has 0 amide bonds. The highest BCUT2D eigenvalue weighted by Gasteiger charge is 2.23. The van der Waals surface area contributed by atoms with E-state index >= 15 is 0 Å². The van der Waals surface area contributed by atoms with Crippen LogP contribution in [0.1, 0.15) is 49.5 Å². The van der Waals surface area contributed by atoms with E-state index in [-0.39, 0.29) is 0 Å². The topological polar surface area (TPSA) is 75.1 Å². The van der Waals surface area contributed by atoms with Gasteiger partial charge in [0.25, 0.3) is 0 Å². The fourth-order valence-corrected chi connectivity index (χ4v) is 4.26. The van der Waals surface area contributed by atoms with Crippen molar-refractivity contribution in [3.63, 3.8) is 0 Å². The summed E-state index contributed by atoms with van der Waals surface area (Å²) in [5, 5.41) is 13.6. The standard InChI is InChI=1S/C16H21N3O2S/c1-2-3-7-11(16(20)21)19-14-13-10-6-4-5-8-12(10)22-15(13)18-9-17-14/h9,11H,2-8H2,1H3,(H,20,21)(H,17,18,19). The lowest BCUT2D eigenvalue weighted by atomic mass is 9.97. The Hall–Kier alpha value is -1.69. The molecule has 2 aromatic rings. The van der Waals surface area contributed by atoms with Gasteiger partial charge in [-0.25, -0.2) is 14.8 Å². The molecule has 118 valence electrons. The molecule has 1 aliphatic carbocycles. The highest BCUT2D eigenvalue weighted by atomic mass is 32.1. The molecule has 1 atom stereocenters. The average molecular weight is 319 g/mol. The molecule has 6 heteroatoms. The zero-order valence-corrected chi connectivity index (χ0v) is 13.6. The number of aliphatic carboxylic acids is 1. The molecule has 0 fully saturated rings. The number of thiophene rings is 1. The van der Waals surface area contributed by atoms with Gasteiger partial charge in [0.2, 0.25) is 0 Å². The second-order valence-electron chi connectivity index (χ2n) is 5.79. The molecule has 0 saturated carbocycles. The van der Waals surface area contributed by atoms with Gasteiger partial charge in [0.15, 0.2) is 0 Å². The van der Waals surface area contributed by atoms with Crippen LogP contribution in [0.15, 0.2) is 6.33 Å². The van der Waals surface area contributed by atoms with E-state index < -0.39 is 12.0 Å². The molecule has 5 nitrogen and oxygen atoms in total. The van der Waals surface area contributed by atoms with Crippen molar-refractivity contribution in [2.45, 2.75) is 57.9 Å². The Balaban J connectivity index is 1.95. The second-order valence-corrected chi connectivity index (χ2v) is 6.87. The van der Waals surface area contributed by atoms with Crippen molar-refractivity contribution in [3.05, 3.63) is 16.8 Å². The molecule has 3 rings (SSSR count). The molecule has 0 aliphatic heterocycles. The van der Waals surface area contributed by atoms with Crippen LogP contribution in [0.3, 0.4) is 0 Å². The number of nitrogens with zero attached hydrogens (tertiary/aromatic N) is 2. The molecule has 1 unspecified atom stereocenters. The molecule has 0 bridgehead atoms. The molecule has 2 aromatic heterocycles. The number of aryl methyl sites for hydroxylation is 2. The van der Waals surface area contributed by atoms with Gasteiger partial charge >= 0.3 is 5.97 Å². The van der Waals surface area contributed by atoms with Gasteiger partial charge in [0.05, 0.1) is 5.39 Å². The SMILES string of the molecule is CCCCC(Nc1ncnc2sc3c(c12)CCCC3)C(=O)O. The smallest absolute Gasteiger partial charge is 0.326 e. The second kappa shape index (κ2) is 6.60. The van der Waals surface area contributed by atoms with Gasteiger partial charge in [0, 0.05) is 4.88 Å². The molecule has 2 heterocycles. The molecular weight excluding hydrogens is 298 g/mol. The van der Waals surface area contributed by atoms with Crippen LogP contribution in [-0.2, 0) is 17.6 Å². The first kappa shape index (κ1) is 15.2. The summed E-state index contributed by atoms with van der Waals surface area (Å²) in [6.07, 6.45) is 8.58. The number of carbonyl (C=O) groups is 1. The summed E-state index contributed by atoms with van der Waals surface area (Å²) in [5.41, 5.74) is 1.33. The van der Waals surface area contributed by atoms with Gasteiger partial charge in [-0.05, 0) is 37.7 Å².